The Balaban J connectivity index is 1.74. The van der Waals surface area contributed by atoms with Gasteiger partial charge in [-0.05, 0) is 36.8 Å². The van der Waals surface area contributed by atoms with Crippen molar-refractivity contribution in [1.82, 2.24) is 14.5 Å². The van der Waals surface area contributed by atoms with Gasteiger partial charge < -0.3 is 23.7 Å². The lowest BCUT2D eigenvalue weighted by Crippen LogP contribution is -2.31. The molecule has 0 spiro atoms. The molecular formula is C22H20ClN3O5. The van der Waals surface area contributed by atoms with Crippen LogP contribution in [0.25, 0.3) is 5.76 Å². The first-order chi connectivity index (χ1) is 15.0. The van der Waals surface area contributed by atoms with Crippen LogP contribution in [0.5, 0.6) is 5.75 Å². The number of Topliss-reactive ketones (excluding diaryl/α,β-unsaturated/α-hetero) is 1. The summed E-state index contributed by atoms with van der Waals surface area (Å²) in [5.74, 6) is -1.15. The molecule has 1 atom stereocenters. The Labute approximate surface area is 183 Å². The predicted molar refractivity (Wildman–Crippen MR) is 113 cm³/mol. The molecule has 1 N–H and O–H groups in total. The molecule has 8 nitrogen and oxygen atoms in total. The third-order valence-corrected chi connectivity index (χ3v) is 5.38. The average Bonchev–Trinajstić information content (AvgIpc) is 3.52. The number of aromatic nitrogens is 2. The quantitative estimate of drug-likeness (QED) is 0.341. The first-order valence-corrected chi connectivity index (χ1v) is 10.0. The lowest BCUT2D eigenvalue weighted by Gasteiger charge is -2.23. The summed E-state index contributed by atoms with van der Waals surface area (Å²) >= 11 is 6.09. The molecule has 3 heterocycles. The number of benzene rings is 1. The molecule has 4 rings (SSSR count). The van der Waals surface area contributed by atoms with Crippen LogP contribution in [0.3, 0.4) is 0 Å². The molecule has 3 aromatic rings. The molecule has 0 bridgehead atoms. The summed E-state index contributed by atoms with van der Waals surface area (Å²) in [6.45, 7) is 0.910. The maximum Gasteiger partial charge on any atom is 0.295 e. The number of methoxy groups -OCH3 is 1. The minimum absolute atomic E-state index is 0.0665. The standard InChI is InChI=1S/C22H20ClN3O5/c1-30-16-6-5-14(23)12-15(16)20(27)18-19(17-4-2-11-31-17)26(22(29)21(18)28)9-3-8-25-10-7-24-13-25/h2,4-7,10-13,19,27H,3,8-9H2,1H3/t19-/m0/s1. The van der Waals surface area contributed by atoms with Crippen LogP contribution in [0.2, 0.25) is 5.02 Å². The van der Waals surface area contributed by atoms with Crippen LogP contribution >= 0.6 is 11.6 Å². The summed E-state index contributed by atoms with van der Waals surface area (Å²) in [5, 5.41) is 11.4. The molecule has 2 aromatic heterocycles. The van der Waals surface area contributed by atoms with E-state index in [1.807, 2.05) is 10.8 Å². The summed E-state index contributed by atoms with van der Waals surface area (Å²) in [6, 6.07) is 7.15. The number of imidazole rings is 1. The molecule has 31 heavy (non-hydrogen) atoms. The fourth-order valence-corrected chi connectivity index (χ4v) is 3.88. The number of carbonyl (C=O) groups is 2. The smallest absolute Gasteiger partial charge is 0.295 e. The third kappa shape index (κ3) is 3.94. The maximum absolute atomic E-state index is 13.0. The van der Waals surface area contributed by atoms with Gasteiger partial charge in [0.1, 0.15) is 23.3 Å². The highest BCUT2D eigenvalue weighted by Crippen LogP contribution is 2.41. The zero-order valence-corrected chi connectivity index (χ0v) is 17.5. The van der Waals surface area contributed by atoms with Crippen LogP contribution < -0.4 is 4.74 Å². The number of carbonyl (C=O) groups excluding carboxylic acids is 2. The van der Waals surface area contributed by atoms with Crippen molar-refractivity contribution in [3.63, 3.8) is 0 Å². The van der Waals surface area contributed by atoms with Gasteiger partial charge in [0.2, 0.25) is 0 Å². The van der Waals surface area contributed by atoms with E-state index in [-0.39, 0.29) is 23.4 Å². The number of hydrogen-bond acceptors (Lipinski definition) is 6. The number of aliphatic hydroxyl groups is 1. The molecular weight excluding hydrogens is 422 g/mol. The van der Waals surface area contributed by atoms with Gasteiger partial charge in [-0.1, -0.05) is 11.6 Å². The Bertz CT molecular complexity index is 1120. The van der Waals surface area contributed by atoms with E-state index in [1.165, 1.54) is 24.3 Å². The van der Waals surface area contributed by atoms with Gasteiger partial charge in [-0.2, -0.15) is 0 Å². The van der Waals surface area contributed by atoms with E-state index in [2.05, 4.69) is 4.98 Å². The number of hydrogen-bond donors (Lipinski definition) is 1. The average molecular weight is 442 g/mol. The molecule has 0 unspecified atom stereocenters. The summed E-state index contributed by atoms with van der Waals surface area (Å²) in [6.07, 6.45) is 7.22. The van der Waals surface area contributed by atoms with Crippen molar-refractivity contribution < 1.29 is 23.8 Å². The Kier molecular flexibility index (Phi) is 5.81. The number of nitrogens with zero attached hydrogens (tertiary/aromatic N) is 3. The SMILES string of the molecule is COc1ccc(Cl)cc1C(O)=C1C(=O)C(=O)N(CCCn2ccnc2)[C@H]1c1ccco1. The number of amides is 1. The molecule has 0 aliphatic carbocycles. The van der Waals surface area contributed by atoms with Crippen molar-refractivity contribution in [2.24, 2.45) is 0 Å². The Morgan fingerprint density at radius 2 is 2.13 bits per heavy atom. The highest BCUT2D eigenvalue weighted by molar-refractivity contribution is 6.46. The minimum atomic E-state index is -0.860. The molecule has 1 amide bonds. The van der Waals surface area contributed by atoms with E-state index in [0.717, 1.165) is 0 Å². The number of halogens is 1. The normalized spacial score (nSPS) is 18.0. The van der Waals surface area contributed by atoms with Gasteiger partial charge in [0.25, 0.3) is 11.7 Å². The number of ether oxygens (including phenoxy) is 1. The van der Waals surface area contributed by atoms with E-state index in [9.17, 15) is 14.7 Å². The van der Waals surface area contributed by atoms with Crippen molar-refractivity contribution in [1.29, 1.82) is 0 Å². The summed E-state index contributed by atoms with van der Waals surface area (Å²) in [7, 11) is 1.44. The monoisotopic (exact) mass is 441 g/mol. The third-order valence-electron chi connectivity index (χ3n) is 5.14. The van der Waals surface area contributed by atoms with E-state index in [1.54, 1.807) is 36.8 Å². The first-order valence-electron chi connectivity index (χ1n) is 9.62. The Morgan fingerprint density at radius 3 is 2.81 bits per heavy atom. The molecule has 0 radical (unpaired) electrons. The zero-order chi connectivity index (χ0) is 22.0. The lowest BCUT2D eigenvalue weighted by molar-refractivity contribution is -0.140. The predicted octanol–water partition coefficient (Wildman–Crippen LogP) is 3.65. The van der Waals surface area contributed by atoms with Gasteiger partial charge >= 0.3 is 0 Å². The van der Waals surface area contributed by atoms with E-state index < -0.39 is 17.7 Å². The summed E-state index contributed by atoms with van der Waals surface area (Å²) in [4.78, 5) is 31.3. The fourth-order valence-electron chi connectivity index (χ4n) is 3.71. The number of likely N-dealkylation sites (tertiary alicyclic amines) is 1. The van der Waals surface area contributed by atoms with E-state index >= 15 is 0 Å². The lowest BCUT2D eigenvalue weighted by atomic mass is 9.98. The van der Waals surface area contributed by atoms with Gasteiger partial charge in [-0.25, -0.2) is 4.98 Å². The van der Waals surface area contributed by atoms with Gasteiger partial charge in [0.05, 0.1) is 30.8 Å². The Morgan fingerprint density at radius 1 is 1.29 bits per heavy atom. The molecule has 160 valence electrons. The van der Waals surface area contributed by atoms with Gasteiger partial charge in [-0.15, -0.1) is 0 Å². The fraction of sp³-hybridized carbons (Fsp3) is 0.227. The van der Waals surface area contributed by atoms with Crippen LogP contribution in [0, 0.1) is 0 Å². The topological polar surface area (TPSA) is 97.8 Å². The number of rotatable bonds is 7. The zero-order valence-electron chi connectivity index (χ0n) is 16.7. The van der Waals surface area contributed by atoms with Gasteiger partial charge in [0, 0.05) is 30.5 Å². The maximum atomic E-state index is 13.0. The van der Waals surface area contributed by atoms with Crippen LogP contribution in [0.4, 0.5) is 0 Å². The van der Waals surface area contributed by atoms with Gasteiger partial charge in [0.15, 0.2) is 0 Å². The van der Waals surface area contributed by atoms with E-state index in [4.69, 9.17) is 20.8 Å². The minimum Gasteiger partial charge on any atom is -0.507 e. The molecule has 0 saturated carbocycles. The number of furan rings is 1. The Hall–Kier alpha value is -3.52. The van der Waals surface area contributed by atoms with Gasteiger partial charge in [-0.3, -0.25) is 9.59 Å². The number of aliphatic hydroxyl groups excluding tert-OH is 1. The van der Waals surface area contributed by atoms with Crippen LogP contribution in [0.15, 0.2) is 65.3 Å². The second-order valence-corrected chi connectivity index (χ2v) is 7.44. The van der Waals surface area contributed by atoms with Crippen molar-refractivity contribution in [3.8, 4) is 5.75 Å². The number of ketones is 1. The molecule has 9 heteroatoms. The number of aryl methyl sites for hydroxylation is 1. The highest BCUT2D eigenvalue weighted by Gasteiger charge is 2.47. The molecule has 1 fully saturated rings. The largest absolute Gasteiger partial charge is 0.507 e. The van der Waals surface area contributed by atoms with Crippen molar-refractivity contribution in [2.45, 2.75) is 19.0 Å². The van der Waals surface area contributed by atoms with E-state index in [0.29, 0.717) is 29.5 Å². The van der Waals surface area contributed by atoms with Crippen LogP contribution in [-0.4, -0.2) is 44.9 Å². The summed E-state index contributed by atoms with van der Waals surface area (Å²) in [5.41, 5.74) is 0.158. The van der Waals surface area contributed by atoms with Crippen LogP contribution in [0.1, 0.15) is 23.8 Å². The van der Waals surface area contributed by atoms with Crippen molar-refractivity contribution >= 4 is 29.1 Å². The molecule has 1 aliphatic rings. The first kappa shape index (κ1) is 20.7. The molecule has 1 saturated heterocycles. The van der Waals surface area contributed by atoms with Crippen LogP contribution in [-0.2, 0) is 16.1 Å². The second kappa shape index (κ2) is 8.69. The molecule has 1 aliphatic heterocycles. The molecule has 1 aromatic carbocycles. The highest BCUT2D eigenvalue weighted by atomic mass is 35.5. The summed E-state index contributed by atoms with van der Waals surface area (Å²) < 4.78 is 12.7. The van der Waals surface area contributed by atoms with Crippen molar-refractivity contribution in [3.05, 3.63) is 77.2 Å². The van der Waals surface area contributed by atoms with Crippen molar-refractivity contribution in [2.75, 3.05) is 13.7 Å². The second-order valence-electron chi connectivity index (χ2n) is 7.01.